The highest BCUT2D eigenvalue weighted by Crippen LogP contribution is 2.19. The quantitative estimate of drug-likeness (QED) is 0.916. The minimum absolute atomic E-state index is 0. The molecule has 6 heteroatoms. The van der Waals surface area contributed by atoms with Gasteiger partial charge in [0.15, 0.2) is 0 Å². The van der Waals surface area contributed by atoms with Crippen LogP contribution in [-0.2, 0) is 6.54 Å². The maximum atomic E-state index is 12.5. The van der Waals surface area contributed by atoms with Crippen molar-refractivity contribution < 1.29 is 4.79 Å². The van der Waals surface area contributed by atoms with Crippen LogP contribution in [0.15, 0.2) is 0 Å². The highest BCUT2D eigenvalue weighted by Gasteiger charge is 2.28. The van der Waals surface area contributed by atoms with Crippen LogP contribution in [0, 0.1) is 13.8 Å². The van der Waals surface area contributed by atoms with E-state index in [-0.39, 0.29) is 24.4 Å². The molecule has 2 rings (SSSR count). The molecule has 1 aliphatic rings. The molecule has 0 spiro atoms. The highest BCUT2D eigenvalue weighted by molar-refractivity contribution is 5.96. The van der Waals surface area contributed by atoms with Gasteiger partial charge in [-0.1, -0.05) is 6.92 Å². The van der Waals surface area contributed by atoms with Crippen molar-refractivity contribution in [3.63, 3.8) is 0 Å². The number of amides is 1. The molecule has 19 heavy (non-hydrogen) atoms. The predicted octanol–water partition coefficient (Wildman–Crippen LogP) is 1.50. The van der Waals surface area contributed by atoms with Crippen molar-refractivity contribution in [2.24, 2.45) is 5.73 Å². The topological polar surface area (TPSA) is 64.2 Å². The van der Waals surface area contributed by atoms with E-state index in [1.807, 2.05) is 23.4 Å². The Kier molecular flexibility index (Phi) is 5.38. The fraction of sp³-hybridized carbons (Fsp3) is 0.692. The molecule has 1 aliphatic heterocycles. The Morgan fingerprint density at radius 1 is 1.47 bits per heavy atom. The van der Waals surface area contributed by atoms with E-state index in [1.54, 1.807) is 0 Å². The molecule has 2 N–H and O–H groups in total. The lowest BCUT2D eigenvalue weighted by Gasteiger charge is -2.16. The number of hydrogen-bond acceptors (Lipinski definition) is 3. The maximum Gasteiger partial charge on any atom is 0.257 e. The lowest BCUT2D eigenvalue weighted by molar-refractivity contribution is 0.0789. The second-order valence-corrected chi connectivity index (χ2v) is 5.07. The average molecular weight is 287 g/mol. The Bertz CT molecular complexity index is 458. The third-order valence-corrected chi connectivity index (χ3v) is 3.54. The van der Waals surface area contributed by atoms with Gasteiger partial charge in [-0.2, -0.15) is 5.10 Å². The van der Waals surface area contributed by atoms with E-state index in [0.29, 0.717) is 6.54 Å². The first-order chi connectivity index (χ1) is 8.54. The smallest absolute Gasteiger partial charge is 0.257 e. The van der Waals surface area contributed by atoms with E-state index in [1.165, 1.54) is 0 Å². The number of halogens is 1. The summed E-state index contributed by atoms with van der Waals surface area (Å²) in [6.45, 7) is 8.27. The van der Waals surface area contributed by atoms with E-state index in [9.17, 15) is 4.79 Å². The van der Waals surface area contributed by atoms with E-state index < -0.39 is 0 Å². The van der Waals surface area contributed by atoms with Gasteiger partial charge in [0.25, 0.3) is 5.91 Å². The second-order valence-electron chi connectivity index (χ2n) is 5.07. The molecule has 1 amide bonds. The zero-order valence-electron chi connectivity index (χ0n) is 11.8. The summed E-state index contributed by atoms with van der Waals surface area (Å²) in [5, 5.41) is 4.45. The van der Waals surface area contributed by atoms with Crippen molar-refractivity contribution in [3.8, 4) is 0 Å². The molecule has 1 saturated heterocycles. The number of hydrogen-bond donors (Lipinski definition) is 1. The number of aryl methyl sites for hydroxylation is 2. The van der Waals surface area contributed by atoms with Gasteiger partial charge in [0.1, 0.15) is 0 Å². The molecule has 1 aromatic rings. The number of nitrogens with zero attached hydrogens (tertiary/aromatic N) is 3. The number of aromatic nitrogens is 2. The van der Waals surface area contributed by atoms with Gasteiger partial charge in [-0.15, -0.1) is 12.4 Å². The minimum Gasteiger partial charge on any atom is -0.337 e. The number of nitrogens with two attached hydrogens (primary N) is 1. The van der Waals surface area contributed by atoms with Crippen molar-refractivity contribution in [1.82, 2.24) is 14.7 Å². The summed E-state index contributed by atoms with van der Waals surface area (Å²) in [6, 6.07) is 0.125. The molecular formula is C13H23ClN4O. The lowest BCUT2D eigenvalue weighted by Crippen LogP contribution is -2.32. The summed E-state index contributed by atoms with van der Waals surface area (Å²) in [5.74, 6) is 0.0836. The SMILES string of the molecule is CCCn1nc(C)c(C(=O)N2CC[C@@H](N)C2)c1C.Cl. The summed E-state index contributed by atoms with van der Waals surface area (Å²) >= 11 is 0. The molecule has 1 atom stereocenters. The monoisotopic (exact) mass is 286 g/mol. The summed E-state index contributed by atoms with van der Waals surface area (Å²) in [6.07, 6.45) is 1.91. The molecular weight excluding hydrogens is 264 g/mol. The normalized spacial score (nSPS) is 18.5. The van der Waals surface area contributed by atoms with Gasteiger partial charge >= 0.3 is 0 Å². The molecule has 1 aromatic heterocycles. The predicted molar refractivity (Wildman–Crippen MR) is 77.7 cm³/mol. The Morgan fingerprint density at radius 3 is 2.68 bits per heavy atom. The van der Waals surface area contributed by atoms with E-state index in [2.05, 4.69) is 12.0 Å². The Balaban J connectivity index is 0.00000180. The van der Waals surface area contributed by atoms with E-state index >= 15 is 0 Å². The largest absolute Gasteiger partial charge is 0.337 e. The van der Waals surface area contributed by atoms with Crippen LogP contribution >= 0.6 is 12.4 Å². The van der Waals surface area contributed by atoms with E-state index in [0.717, 1.165) is 42.9 Å². The van der Waals surface area contributed by atoms with Gasteiger partial charge in [-0.25, -0.2) is 0 Å². The van der Waals surface area contributed by atoms with Crippen LogP contribution in [-0.4, -0.2) is 39.7 Å². The molecule has 0 saturated carbocycles. The summed E-state index contributed by atoms with van der Waals surface area (Å²) in [7, 11) is 0. The van der Waals surface area contributed by atoms with Gasteiger partial charge in [-0.05, 0) is 26.7 Å². The van der Waals surface area contributed by atoms with Crippen LogP contribution in [0.1, 0.15) is 41.5 Å². The highest BCUT2D eigenvalue weighted by atomic mass is 35.5. The number of likely N-dealkylation sites (tertiary alicyclic amines) is 1. The van der Waals surface area contributed by atoms with Crippen LogP contribution in [0.2, 0.25) is 0 Å². The van der Waals surface area contributed by atoms with Crippen molar-refractivity contribution in [3.05, 3.63) is 17.0 Å². The summed E-state index contributed by atoms with van der Waals surface area (Å²) < 4.78 is 1.93. The van der Waals surface area contributed by atoms with Crippen LogP contribution in [0.3, 0.4) is 0 Å². The molecule has 0 aliphatic carbocycles. The molecule has 5 nitrogen and oxygen atoms in total. The maximum absolute atomic E-state index is 12.5. The first-order valence-electron chi connectivity index (χ1n) is 6.63. The number of carbonyl (C=O) groups excluding carboxylic acids is 1. The number of carbonyl (C=O) groups is 1. The van der Waals surface area contributed by atoms with Crippen molar-refractivity contribution >= 4 is 18.3 Å². The summed E-state index contributed by atoms with van der Waals surface area (Å²) in [4.78, 5) is 14.3. The van der Waals surface area contributed by atoms with E-state index in [4.69, 9.17) is 5.73 Å². The Labute approximate surface area is 120 Å². The Hall–Kier alpha value is -1.07. The van der Waals surface area contributed by atoms with Gasteiger partial charge in [0, 0.05) is 31.4 Å². The first kappa shape index (κ1) is 16.0. The van der Waals surface area contributed by atoms with Crippen molar-refractivity contribution in [2.75, 3.05) is 13.1 Å². The zero-order valence-corrected chi connectivity index (χ0v) is 12.7. The van der Waals surface area contributed by atoms with Crippen molar-refractivity contribution in [1.29, 1.82) is 0 Å². The van der Waals surface area contributed by atoms with Gasteiger partial charge < -0.3 is 10.6 Å². The fourth-order valence-electron chi connectivity index (χ4n) is 2.57. The standard InChI is InChI=1S/C13H22N4O.ClH/c1-4-6-17-10(3)12(9(2)15-17)13(18)16-7-5-11(14)8-16;/h11H,4-8,14H2,1-3H3;1H/t11-;/m1./s1. The van der Waals surface area contributed by atoms with Crippen LogP contribution < -0.4 is 5.73 Å². The molecule has 108 valence electrons. The zero-order chi connectivity index (χ0) is 13.3. The lowest BCUT2D eigenvalue weighted by atomic mass is 10.1. The number of rotatable bonds is 3. The molecule has 0 radical (unpaired) electrons. The fourth-order valence-corrected chi connectivity index (χ4v) is 2.57. The molecule has 1 fully saturated rings. The molecule has 2 heterocycles. The van der Waals surface area contributed by atoms with Crippen LogP contribution in [0.25, 0.3) is 0 Å². The van der Waals surface area contributed by atoms with Crippen molar-refractivity contribution in [2.45, 2.75) is 46.2 Å². The third kappa shape index (κ3) is 3.09. The molecule has 0 aromatic carbocycles. The van der Waals surface area contributed by atoms with Gasteiger partial charge in [-0.3, -0.25) is 9.48 Å². The van der Waals surface area contributed by atoms with Crippen LogP contribution in [0.4, 0.5) is 0 Å². The van der Waals surface area contributed by atoms with Crippen LogP contribution in [0.5, 0.6) is 0 Å². The first-order valence-corrected chi connectivity index (χ1v) is 6.63. The average Bonchev–Trinajstić information content (AvgIpc) is 2.85. The van der Waals surface area contributed by atoms with Gasteiger partial charge in [0.2, 0.25) is 0 Å². The second kappa shape index (κ2) is 6.39. The molecule has 0 bridgehead atoms. The molecule has 0 unspecified atom stereocenters. The van der Waals surface area contributed by atoms with Gasteiger partial charge in [0.05, 0.1) is 11.3 Å². The minimum atomic E-state index is 0. The Morgan fingerprint density at radius 2 is 2.16 bits per heavy atom. The third-order valence-electron chi connectivity index (χ3n) is 3.54. The summed E-state index contributed by atoms with van der Waals surface area (Å²) in [5.41, 5.74) is 8.41.